The van der Waals surface area contributed by atoms with Crippen molar-refractivity contribution in [2.75, 3.05) is 4.90 Å². The van der Waals surface area contributed by atoms with Crippen LogP contribution in [0.4, 0.5) is 17.1 Å². The summed E-state index contributed by atoms with van der Waals surface area (Å²) in [5, 5.41) is 2.37. The number of aromatic nitrogens is 2. The summed E-state index contributed by atoms with van der Waals surface area (Å²) in [4.78, 5) is 2.35. The van der Waals surface area contributed by atoms with Gasteiger partial charge < -0.3 is 18.8 Å². The number of hydrogen-bond donors (Lipinski definition) is 0. The molecule has 0 saturated carbocycles. The fourth-order valence-electron chi connectivity index (χ4n) is 16.1. The fraction of sp³-hybridized carbons (Fsp3) is 0.143. The van der Waals surface area contributed by atoms with E-state index >= 15 is 0 Å². The average Bonchev–Trinajstić information content (AvgIpc) is 1.38. The molecule has 0 saturated heterocycles. The van der Waals surface area contributed by atoms with E-state index in [0.717, 1.165) is 106 Å². The van der Waals surface area contributed by atoms with E-state index in [1.807, 2.05) is 12.1 Å². The molecule has 3 aliphatic rings. The molecule has 1 aliphatic carbocycles. The van der Waals surface area contributed by atoms with Crippen LogP contribution in [0, 0.1) is 0 Å². The van der Waals surface area contributed by atoms with Crippen LogP contribution in [0.3, 0.4) is 0 Å². The zero-order valence-electron chi connectivity index (χ0n) is 63.3. The quantitative estimate of drug-likeness (QED) is 0.148. The Morgan fingerprint density at radius 2 is 0.885 bits per heavy atom. The maximum Gasteiger partial charge on any atom is 0.256 e. The highest BCUT2D eigenvalue weighted by Crippen LogP contribution is 2.60. The summed E-state index contributed by atoms with van der Waals surface area (Å²) < 4.78 is 86.6. The Hall–Kier alpha value is -10.9. The Morgan fingerprint density at radius 3 is 1.51 bits per heavy atom. The minimum Gasteiger partial charge on any atom is -0.458 e. The van der Waals surface area contributed by atoms with Crippen LogP contribution in [0.2, 0.25) is 0 Å². The van der Waals surface area contributed by atoms with Gasteiger partial charge in [0, 0.05) is 55.9 Å². The van der Waals surface area contributed by atoms with Crippen molar-refractivity contribution in [1.82, 2.24) is 9.13 Å². The standard InChI is InChI=1S/C91H74BN3O/c1-88(2,3)61-40-47-79(71(52-61)57-26-13-10-14-27-57)95-82-55-64(93-77-38-23-20-33-68(77)69-34-21-24-39-78(69)93)43-45-75(82)92-76-46-44-65(94-80-48-41-62(89(4,5)6)53-72(80)73-54-63(90(7,8)9)42-49-81(73)94)56-84(76)96-85-51-58(50-83(95)87(85)92)66-35-25-36-70-67-32-19-22-37-74(67)91(86(66)70,59-28-15-11-16-29-59)60-30-17-12-18-31-60/h10-56H,1-9H3/i20D,21D,23D,24D,33D,34D,38D,39D. The van der Waals surface area contributed by atoms with E-state index in [2.05, 4.69) is 296 Å². The molecule has 4 heterocycles. The van der Waals surface area contributed by atoms with E-state index in [1.165, 1.54) is 27.5 Å². The monoisotopic (exact) mass is 1240 g/mol. The molecule has 2 aliphatic heterocycles. The molecule has 0 fully saturated rings. The first kappa shape index (κ1) is 49.7. The third-order valence-corrected chi connectivity index (χ3v) is 20.8. The van der Waals surface area contributed by atoms with Gasteiger partial charge in [0.2, 0.25) is 0 Å². The van der Waals surface area contributed by atoms with Gasteiger partial charge in [0.15, 0.2) is 0 Å². The molecule has 0 radical (unpaired) electrons. The van der Waals surface area contributed by atoms with Crippen molar-refractivity contribution in [3.05, 3.63) is 324 Å². The number of anilines is 3. The van der Waals surface area contributed by atoms with Gasteiger partial charge in [0.1, 0.15) is 11.5 Å². The second-order valence-electron chi connectivity index (χ2n) is 29.4. The predicted molar refractivity (Wildman–Crippen MR) is 405 cm³/mol. The largest absolute Gasteiger partial charge is 0.458 e. The third-order valence-electron chi connectivity index (χ3n) is 20.8. The van der Waals surface area contributed by atoms with Gasteiger partial charge in [0.05, 0.1) is 44.1 Å². The van der Waals surface area contributed by atoms with Gasteiger partial charge >= 0.3 is 0 Å². The Kier molecular flexibility index (Phi) is 10.9. The molecule has 15 aromatic rings. The minimum atomic E-state index is -0.788. The van der Waals surface area contributed by atoms with Crippen molar-refractivity contribution in [3.63, 3.8) is 0 Å². The molecule has 4 nitrogen and oxygen atoms in total. The topological polar surface area (TPSA) is 22.3 Å². The van der Waals surface area contributed by atoms with E-state index in [1.54, 1.807) is 4.57 Å². The van der Waals surface area contributed by atoms with Crippen LogP contribution >= 0.6 is 0 Å². The maximum absolute atomic E-state index is 9.73. The van der Waals surface area contributed by atoms with Gasteiger partial charge in [-0.3, -0.25) is 0 Å². The Labute approximate surface area is 574 Å². The highest BCUT2D eigenvalue weighted by Gasteiger charge is 2.49. The number of benzene rings is 13. The molecule has 0 spiro atoms. The van der Waals surface area contributed by atoms with Crippen molar-refractivity contribution in [2.45, 2.75) is 84.0 Å². The van der Waals surface area contributed by atoms with E-state index in [-0.39, 0.29) is 50.1 Å². The van der Waals surface area contributed by atoms with Crippen LogP contribution in [0.25, 0.3) is 88.4 Å². The van der Waals surface area contributed by atoms with Crippen molar-refractivity contribution < 1.29 is 15.7 Å². The molecule has 0 atom stereocenters. The Bertz CT molecular complexity index is 6010. The smallest absolute Gasteiger partial charge is 0.256 e. The highest BCUT2D eigenvalue weighted by molar-refractivity contribution is 6.99. The van der Waals surface area contributed by atoms with E-state index in [4.69, 9.17) is 7.48 Å². The maximum atomic E-state index is 9.73. The summed E-state index contributed by atoms with van der Waals surface area (Å²) in [5.41, 5.74) is 22.0. The molecule has 2 aromatic heterocycles. The predicted octanol–water partition coefficient (Wildman–Crippen LogP) is 21.9. The molecule has 18 rings (SSSR count). The number of fused-ring (bicyclic) bond motifs is 13. The number of ether oxygens (including phenoxy) is 1. The summed E-state index contributed by atoms with van der Waals surface area (Å²) >= 11 is 0. The lowest BCUT2D eigenvalue weighted by Gasteiger charge is -2.42. The van der Waals surface area contributed by atoms with Gasteiger partial charge in [0.25, 0.3) is 6.71 Å². The second-order valence-corrected chi connectivity index (χ2v) is 29.4. The van der Waals surface area contributed by atoms with Gasteiger partial charge in [-0.05, 0) is 178 Å². The SMILES string of the molecule is [2H]c1c([2H])c([2H])c2c(c1[2H])c1c([2H])c([2H])c([2H])c([2H])c1n2-c1ccc2c(c1)N(c1ccc(C(C)(C)C)cc1-c1ccccc1)c1cc(-c3cccc4c3C(c3ccccc3)(c3ccccc3)c3ccccc3-4)cc3c1B2c1ccc(-n2c4ccc(C(C)(C)C)cc4c4cc(C(C)(C)C)ccc42)cc1O3. The van der Waals surface area contributed by atoms with E-state index in [9.17, 15) is 8.22 Å². The molecular weight excluding hydrogens is 1160 g/mol. The van der Waals surface area contributed by atoms with Crippen molar-refractivity contribution in [1.29, 1.82) is 0 Å². The first-order valence-electron chi connectivity index (χ1n) is 37.4. The molecule has 0 unspecified atom stereocenters. The number of rotatable bonds is 7. The fourth-order valence-corrected chi connectivity index (χ4v) is 16.1. The van der Waals surface area contributed by atoms with E-state index < -0.39 is 48.4 Å². The zero-order chi connectivity index (χ0) is 72.1. The van der Waals surface area contributed by atoms with Gasteiger partial charge in [-0.25, -0.2) is 0 Å². The van der Waals surface area contributed by atoms with Crippen molar-refractivity contribution in [3.8, 4) is 56.3 Å². The highest BCUT2D eigenvalue weighted by atomic mass is 16.5. The normalized spacial score (nSPS) is 15.0. The Morgan fingerprint density at radius 1 is 0.365 bits per heavy atom. The molecule has 5 heteroatoms. The van der Waals surface area contributed by atoms with Crippen LogP contribution in [-0.4, -0.2) is 15.8 Å². The van der Waals surface area contributed by atoms with Crippen LogP contribution in [0.5, 0.6) is 11.5 Å². The summed E-state index contributed by atoms with van der Waals surface area (Å²) in [6.07, 6.45) is 0. The summed E-state index contributed by atoms with van der Waals surface area (Å²) in [5.74, 6) is 1.36. The molecule has 0 amide bonds. The lowest BCUT2D eigenvalue weighted by atomic mass is 9.34. The summed E-state index contributed by atoms with van der Waals surface area (Å²) in [6.45, 7) is 19.8. The molecule has 13 aromatic carbocycles. The number of para-hydroxylation sites is 2. The van der Waals surface area contributed by atoms with E-state index in [0.29, 0.717) is 17.2 Å². The van der Waals surface area contributed by atoms with Crippen molar-refractivity contribution in [2.24, 2.45) is 0 Å². The number of hydrogen-bond acceptors (Lipinski definition) is 2. The van der Waals surface area contributed by atoms with Gasteiger partial charge in [-0.15, -0.1) is 0 Å². The average molecular weight is 1240 g/mol. The van der Waals surface area contributed by atoms with Gasteiger partial charge in [-0.1, -0.05) is 262 Å². The second kappa shape index (κ2) is 21.1. The molecular formula is C91H74BN3O. The first-order chi connectivity index (χ1) is 49.8. The first-order valence-corrected chi connectivity index (χ1v) is 33.4. The van der Waals surface area contributed by atoms with Crippen LogP contribution < -0.4 is 26.0 Å². The summed E-state index contributed by atoms with van der Waals surface area (Å²) in [6, 6.07) is 82.3. The Balaban J connectivity index is 0.977. The molecule has 96 heavy (non-hydrogen) atoms. The zero-order valence-corrected chi connectivity index (χ0v) is 55.3. The van der Waals surface area contributed by atoms with Crippen LogP contribution in [0.15, 0.2) is 285 Å². The van der Waals surface area contributed by atoms with Crippen molar-refractivity contribution >= 4 is 83.8 Å². The third kappa shape index (κ3) is 8.61. The number of nitrogens with zero attached hydrogens (tertiary/aromatic N) is 3. The summed E-state index contributed by atoms with van der Waals surface area (Å²) in [7, 11) is 0. The molecule has 0 N–H and O–H groups in total. The molecule has 0 bridgehead atoms. The minimum absolute atomic E-state index is 0.0117. The molecule has 462 valence electrons. The lowest BCUT2D eigenvalue weighted by Crippen LogP contribution is -2.59. The van der Waals surface area contributed by atoms with Gasteiger partial charge in [-0.2, -0.15) is 0 Å². The van der Waals surface area contributed by atoms with Crippen LogP contribution in [-0.2, 0) is 21.7 Å². The van der Waals surface area contributed by atoms with Crippen LogP contribution in [0.1, 0.15) is 112 Å². The lowest BCUT2D eigenvalue weighted by molar-refractivity contribution is 0.487.